The average molecular weight is 573 g/mol. The first kappa shape index (κ1) is 26.5. The van der Waals surface area contributed by atoms with Crippen LogP contribution in [0.3, 0.4) is 0 Å². The Morgan fingerprint density at radius 1 is 0.422 bits per heavy atom. The van der Waals surface area contributed by atoms with E-state index in [1.54, 1.807) is 0 Å². The molecule has 0 heterocycles. The van der Waals surface area contributed by atoms with Gasteiger partial charge in [-0.2, -0.15) is 5.26 Å². The van der Waals surface area contributed by atoms with Crippen molar-refractivity contribution < 1.29 is 0 Å². The smallest absolute Gasteiger partial charge is 0.100 e. The monoisotopic (exact) mass is 572 g/mol. The van der Waals surface area contributed by atoms with E-state index in [0.717, 1.165) is 55.3 Å². The highest BCUT2D eigenvalue weighted by Crippen LogP contribution is 2.42. The molecule has 0 N–H and O–H groups in total. The molecule has 0 atom stereocenters. The van der Waals surface area contributed by atoms with Crippen molar-refractivity contribution in [3.05, 3.63) is 174 Å². The van der Waals surface area contributed by atoms with E-state index in [1.165, 1.54) is 21.5 Å². The van der Waals surface area contributed by atoms with E-state index >= 15 is 0 Å². The predicted molar refractivity (Wildman–Crippen MR) is 191 cm³/mol. The van der Waals surface area contributed by atoms with Gasteiger partial charge in [0.2, 0.25) is 0 Å². The lowest BCUT2D eigenvalue weighted by atomic mass is 9.96. The zero-order chi connectivity index (χ0) is 30.2. The molecule has 0 fully saturated rings. The van der Waals surface area contributed by atoms with Gasteiger partial charge in [-0.05, 0) is 69.1 Å². The van der Waals surface area contributed by atoms with E-state index in [2.05, 4.69) is 163 Å². The van der Waals surface area contributed by atoms with Crippen LogP contribution in [0.4, 0.5) is 17.1 Å². The van der Waals surface area contributed by atoms with Crippen LogP contribution >= 0.6 is 0 Å². The van der Waals surface area contributed by atoms with Gasteiger partial charge in [0.05, 0.1) is 16.9 Å². The van der Waals surface area contributed by atoms with Gasteiger partial charge < -0.3 is 4.90 Å². The largest absolute Gasteiger partial charge is 0.309 e. The summed E-state index contributed by atoms with van der Waals surface area (Å²) in [7, 11) is 0. The average Bonchev–Trinajstić information content (AvgIpc) is 3.10. The lowest BCUT2D eigenvalue weighted by molar-refractivity contribution is 1.31. The number of hydrogen-bond donors (Lipinski definition) is 0. The minimum atomic E-state index is 0.733. The second kappa shape index (κ2) is 11.2. The van der Waals surface area contributed by atoms with Crippen molar-refractivity contribution in [2.75, 3.05) is 4.90 Å². The molecule has 0 amide bonds. The predicted octanol–water partition coefficient (Wildman–Crippen LogP) is 11.8. The molecule has 8 aromatic rings. The highest BCUT2D eigenvalue weighted by atomic mass is 15.1. The van der Waals surface area contributed by atoms with Crippen molar-refractivity contribution >= 4 is 72.3 Å². The van der Waals surface area contributed by atoms with Crippen LogP contribution in [0.25, 0.3) is 55.2 Å². The topological polar surface area (TPSA) is 27.0 Å². The number of rotatable bonds is 5. The Hall–Kier alpha value is -6.17. The zero-order valence-corrected chi connectivity index (χ0v) is 24.6. The van der Waals surface area contributed by atoms with Crippen molar-refractivity contribution in [1.82, 2.24) is 0 Å². The molecule has 8 rings (SSSR count). The lowest BCUT2D eigenvalue weighted by Crippen LogP contribution is -2.11. The number of nitriles is 1. The Kier molecular flexibility index (Phi) is 6.56. The van der Waals surface area contributed by atoms with Crippen LogP contribution in [-0.2, 0) is 0 Å². The van der Waals surface area contributed by atoms with Crippen LogP contribution in [0.15, 0.2) is 158 Å². The molecule has 0 aliphatic carbocycles. The Labute approximate surface area is 262 Å². The Morgan fingerprint density at radius 2 is 0.933 bits per heavy atom. The minimum Gasteiger partial charge on any atom is -0.309 e. The van der Waals surface area contributed by atoms with Gasteiger partial charge in [0.1, 0.15) is 6.07 Å². The maximum atomic E-state index is 9.90. The molecular formula is C43H28N2. The van der Waals surface area contributed by atoms with E-state index < -0.39 is 0 Å². The SMILES string of the molecule is N#Cc1c2ccccc2cc2cc(C=Cc3ccc(N(c4cccc5ccccc45)c4cccc5ccccc45)cc3)ccc12. The first-order valence-electron chi connectivity index (χ1n) is 15.2. The van der Waals surface area contributed by atoms with Crippen LogP contribution in [0, 0.1) is 11.3 Å². The summed E-state index contributed by atoms with van der Waals surface area (Å²) in [6, 6.07) is 57.9. The third-order valence-corrected chi connectivity index (χ3v) is 8.63. The van der Waals surface area contributed by atoms with Gasteiger partial charge >= 0.3 is 0 Å². The molecule has 2 nitrogen and oxygen atoms in total. The quantitative estimate of drug-likeness (QED) is 0.151. The van der Waals surface area contributed by atoms with Crippen LogP contribution < -0.4 is 4.90 Å². The Morgan fingerprint density at radius 3 is 1.58 bits per heavy atom. The van der Waals surface area contributed by atoms with Crippen molar-refractivity contribution in [2.45, 2.75) is 0 Å². The highest BCUT2D eigenvalue weighted by molar-refractivity contribution is 6.06. The molecule has 8 aromatic carbocycles. The molecule has 0 saturated carbocycles. The van der Waals surface area contributed by atoms with E-state index in [-0.39, 0.29) is 0 Å². The molecular weight excluding hydrogens is 544 g/mol. The molecule has 0 unspecified atom stereocenters. The van der Waals surface area contributed by atoms with Crippen LogP contribution in [-0.4, -0.2) is 0 Å². The fraction of sp³-hybridized carbons (Fsp3) is 0. The molecule has 0 saturated heterocycles. The molecule has 45 heavy (non-hydrogen) atoms. The van der Waals surface area contributed by atoms with Crippen LogP contribution in [0.5, 0.6) is 0 Å². The standard InChI is InChI=1S/C43H28N2/c44-29-41-37-14-4-3-11-34(37)28-35-27-31(23-26-38(35)41)20-19-30-21-24-36(25-22-30)45(42-17-7-12-32-9-1-5-15-39(32)42)43-18-8-13-33-10-2-6-16-40(33)43/h1-28H. The fourth-order valence-electron chi connectivity index (χ4n) is 6.46. The maximum Gasteiger partial charge on any atom is 0.100 e. The van der Waals surface area contributed by atoms with Gasteiger partial charge in [-0.3, -0.25) is 0 Å². The summed E-state index contributed by atoms with van der Waals surface area (Å²) >= 11 is 0. The van der Waals surface area contributed by atoms with Gasteiger partial charge in [0.15, 0.2) is 0 Å². The highest BCUT2D eigenvalue weighted by Gasteiger charge is 2.17. The second-order valence-corrected chi connectivity index (χ2v) is 11.3. The Balaban J connectivity index is 1.18. The van der Waals surface area contributed by atoms with Crippen LogP contribution in [0.1, 0.15) is 16.7 Å². The van der Waals surface area contributed by atoms with E-state index in [1.807, 2.05) is 18.2 Å². The van der Waals surface area contributed by atoms with E-state index in [9.17, 15) is 5.26 Å². The second-order valence-electron chi connectivity index (χ2n) is 11.3. The van der Waals surface area contributed by atoms with Crippen molar-refractivity contribution in [1.29, 1.82) is 5.26 Å². The third kappa shape index (κ3) is 4.78. The molecule has 0 aliphatic heterocycles. The molecule has 2 heteroatoms. The first-order valence-corrected chi connectivity index (χ1v) is 15.2. The first-order chi connectivity index (χ1) is 22.3. The number of hydrogen-bond acceptors (Lipinski definition) is 2. The summed E-state index contributed by atoms with van der Waals surface area (Å²) < 4.78 is 0. The van der Waals surface area contributed by atoms with Gasteiger partial charge in [-0.15, -0.1) is 0 Å². The normalized spacial score (nSPS) is 11.4. The van der Waals surface area contributed by atoms with E-state index in [0.29, 0.717) is 0 Å². The molecule has 0 bridgehead atoms. The van der Waals surface area contributed by atoms with Gasteiger partial charge in [0, 0.05) is 27.2 Å². The van der Waals surface area contributed by atoms with Crippen molar-refractivity contribution in [3.63, 3.8) is 0 Å². The molecule has 0 aromatic heterocycles. The zero-order valence-electron chi connectivity index (χ0n) is 24.6. The summed E-state index contributed by atoms with van der Waals surface area (Å²) in [5, 5.41) is 18.9. The molecule has 0 radical (unpaired) electrons. The van der Waals surface area contributed by atoms with Gasteiger partial charge in [-0.1, -0.05) is 133 Å². The van der Waals surface area contributed by atoms with Crippen molar-refractivity contribution in [3.8, 4) is 6.07 Å². The molecule has 0 spiro atoms. The van der Waals surface area contributed by atoms with Crippen LogP contribution in [0.2, 0.25) is 0 Å². The van der Waals surface area contributed by atoms with Crippen molar-refractivity contribution in [2.24, 2.45) is 0 Å². The summed E-state index contributed by atoms with van der Waals surface area (Å²) in [6.45, 7) is 0. The molecule has 0 aliphatic rings. The summed E-state index contributed by atoms with van der Waals surface area (Å²) in [5.74, 6) is 0. The number of nitrogens with zero attached hydrogens (tertiary/aromatic N) is 2. The third-order valence-electron chi connectivity index (χ3n) is 8.63. The number of anilines is 3. The van der Waals surface area contributed by atoms with E-state index in [4.69, 9.17) is 0 Å². The summed E-state index contributed by atoms with van der Waals surface area (Å²) in [5.41, 5.74) is 6.34. The summed E-state index contributed by atoms with van der Waals surface area (Å²) in [4.78, 5) is 2.37. The minimum absolute atomic E-state index is 0.733. The summed E-state index contributed by atoms with van der Waals surface area (Å²) in [6.07, 6.45) is 4.29. The number of benzene rings is 8. The molecule has 210 valence electrons. The Bertz CT molecular complexity index is 2360. The lowest BCUT2D eigenvalue weighted by Gasteiger charge is -2.28. The van der Waals surface area contributed by atoms with Gasteiger partial charge in [-0.25, -0.2) is 0 Å². The maximum absolute atomic E-state index is 9.90. The van der Waals surface area contributed by atoms with Gasteiger partial charge in [0.25, 0.3) is 0 Å². The number of fused-ring (bicyclic) bond motifs is 4. The fourth-order valence-corrected chi connectivity index (χ4v) is 6.46.